The van der Waals surface area contributed by atoms with Crippen molar-refractivity contribution >= 4 is 38.9 Å². The molecule has 0 aromatic heterocycles. The highest BCUT2D eigenvalue weighted by Crippen LogP contribution is 2.25. The number of halogens is 2. The van der Waals surface area contributed by atoms with Gasteiger partial charge in [0.2, 0.25) is 5.91 Å². The molecule has 3 rings (SSSR count). The Balaban J connectivity index is 1.93. The average Bonchev–Trinajstić information content (AvgIpc) is 2.69. The van der Waals surface area contributed by atoms with E-state index in [1.807, 2.05) is 13.0 Å². The molecule has 3 aromatic carbocycles. The second-order valence-corrected chi connectivity index (χ2v) is 8.61. The molecule has 0 unspecified atom stereocenters. The van der Waals surface area contributed by atoms with Gasteiger partial charge in [0.15, 0.2) is 0 Å². The number of nitrogens with zero attached hydrogens (tertiary/aromatic N) is 1. The topological polar surface area (TPSA) is 66.5 Å². The maximum absolute atomic E-state index is 13.3. The molecule has 0 aliphatic heterocycles. The van der Waals surface area contributed by atoms with E-state index in [1.54, 1.807) is 36.4 Å². The Morgan fingerprint density at radius 2 is 1.76 bits per heavy atom. The van der Waals surface area contributed by atoms with Gasteiger partial charge in [-0.05, 0) is 55.0 Å². The van der Waals surface area contributed by atoms with Gasteiger partial charge in [0.05, 0.1) is 15.6 Å². The first-order valence-corrected chi connectivity index (χ1v) is 10.5. The van der Waals surface area contributed by atoms with Crippen molar-refractivity contribution in [2.75, 3.05) is 16.2 Å². The number of anilines is 2. The minimum absolute atomic E-state index is 0.0686. The maximum Gasteiger partial charge on any atom is 0.264 e. The summed E-state index contributed by atoms with van der Waals surface area (Å²) in [4.78, 5) is 12.7. The number of carbonyl (C=O) groups excluding carboxylic acids is 1. The minimum atomic E-state index is -3.99. The largest absolute Gasteiger partial charge is 0.324 e. The van der Waals surface area contributed by atoms with E-state index in [0.717, 1.165) is 15.9 Å². The zero-order valence-electron chi connectivity index (χ0n) is 15.5. The van der Waals surface area contributed by atoms with E-state index in [4.69, 9.17) is 11.6 Å². The highest BCUT2D eigenvalue weighted by molar-refractivity contribution is 7.92. The molecule has 0 aliphatic rings. The molecular weight excluding hydrogens is 415 g/mol. The molecule has 0 radical (unpaired) electrons. The molecule has 0 bridgehead atoms. The average molecular weight is 433 g/mol. The van der Waals surface area contributed by atoms with Gasteiger partial charge < -0.3 is 5.32 Å². The Hall–Kier alpha value is -2.90. The van der Waals surface area contributed by atoms with Gasteiger partial charge in [-0.2, -0.15) is 0 Å². The van der Waals surface area contributed by atoms with Crippen molar-refractivity contribution in [2.24, 2.45) is 0 Å². The summed E-state index contributed by atoms with van der Waals surface area (Å²) in [6, 6.07) is 18.5. The highest BCUT2D eigenvalue weighted by Gasteiger charge is 2.27. The zero-order chi connectivity index (χ0) is 21.0. The fourth-order valence-corrected chi connectivity index (χ4v) is 4.34. The molecule has 29 heavy (non-hydrogen) atoms. The van der Waals surface area contributed by atoms with Crippen LogP contribution in [-0.4, -0.2) is 20.9 Å². The van der Waals surface area contributed by atoms with Gasteiger partial charge in [-0.3, -0.25) is 9.10 Å². The number of hydrogen-bond acceptors (Lipinski definition) is 3. The molecule has 1 amide bonds. The lowest BCUT2D eigenvalue weighted by Gasteiger charge is -2.24. The summed E-state index contributed by atoms with van der Waals surface area (Å²) < 4.78 is 40.8. The molecule has 0 saturated carbocycles. The number of aryl methyl sites for hydroxylation is 1. The second kappa shape index (κ2) is 8.63. The lowest BCUT2D eigenvalue weighted by molar-refractivity contribution is -0.114. The first-order valence-electron chi connectivity index (χ1n) is 8.67. The van der Waals surface area contributed by atoms with Crippen LogP contribution in [-0.2, 0) is 14.8 Å². The van der Waals surface area contributed by atoms with Crippen molar-refractivity contribution < 1.29 is 17.6 Å². The fourth-order valence-electron chi connectivity index (χ4n) is 2.72. The minimum Gasteiger partial charge on any atom is -0.324 e. The van der Waals surface area contributed by atoms with Crippen molar-refractivity contribution in [1.29, 1.82) is 0 Å². The predicted octanol–water partition coefficient (Wildman–Crippen LogP) is 4.62. The van der Waals surface area contributed by atoms with Gasteiger partial charge >= 0.3 is 0 Å². The number of nitrogens with one attached hydrogen (secondary N) is 1. The Kier molecular flexibility index (Phi) is 6.20. The van der Waals surface area contributed by atoms with Gasteiger partial charge in [0.25, 0.3) is 10.0 Å². The number of sulfonamides is 1. The summed E-state index contributed by atoms with van der Waals surface area (Å²) in [5, 5.41) is 2.41. The van der Waals surface area contributed by atoms with Crippen molar-refractivity contribution in [1.82, 2.24) is 0 Å². The first-order chi connectivity index (χ1) is 13.8. The van der Waals surface area contributed by atoms with E-state index in [0.29, 0.717) is 5.69 Å². The third-order valence-corrected chi connectivity index (χ3v) is 6.19. The Bertz CT molecular complexity index is 1140. The van der Waals surface area contributed by atoms with Crippen molar-refractivity contribution in [2.45, 2.75) is 11.8 Å². The Morgan fingerprint density at radius 1 is 1.03 bits per heavy atom. The van der Waals surface area contributed by atoms with Crippen LogP contribution >= 0.6 is 11.6 Å². The fraction of sp³-hybridized carbons (Fsp3) is 0.0952. The summed E-state index contributed by atoms with van der Waals surface area (Å²) in [7, 11) is -3.99. The molecule has 5 nitrogen and oxygen atoms in total. The van der Waals surface area contributed by atoms with Crippen LogP contribution in [0.1, 0.15) is 5.56 Å². The molecule has 3 aromatic rings. The summed E-state index contributed by atoms with van der Waals surface area (Å²) in [5.74, 6) is -1.20. The van der Waals surface area contributed by atoms with Crippen LogP contribution in [0.5, 0.6) is 0 Å². The molecule has 150 valence electrons. The van der Waals surface area contributed by atoms with Crippen LogP contribution in [0.3, 0.4) is 0 Å². The lowest BCUT2D eigenvalue weighted by atomic mass is 10.2. The molecular formula is C21H18ClFN2O3S. The smallest absolute Gasteiger partial charge is 0.264 e. The molecule has 0 saturated heterocycles. The third-order valence-electron chi connectivity index (χ3n) is 4.11. The van der Waals surface area contributed by atoms with Gasteiger partial charge in [-0.1, -0.05) is 41.9 Å². The number of amides is 1. The van der Waals surface area contributed by atoms with E-state index >= 15 is 0 Å². The van der Waals surface area contributed by atoms with Crippen molar-refractivity contribution in [3.05, 3.63) is 89.2 Å². The monoisotopic (exact) mass is 432 g/mol. The van der Waals surface area contributed by atoms with Gasteiger partial charge in [-0.15, -0.1) is 0 Å². The summed E-state index contributed by atoms with van der Waals surface area (Å²) in [5.41, 5.74) is 1.48. The Morgan fingerprint density at radius 3 is 2.41 bits per heavy atom. The molecule has 0 aliphatic carbocycles. The number of carbonyl (C=O) groups is 1. The van der Waals surface area contributed by atoms with Gasteiger partial charge in [0, 0.05) is 5.69 Å². The van der Waals surface area contributed by atoms with E-state index in [9.17, 15) is 17.6 Å². The Labute approximate surface area is 173 Å². The van der Waals surface area contributed by atoms with Crippen LogP contribution in [0.25, 0.3) is 0 Å². The van der Waals surface area contributed by atoms with Crippen LogP contribution in [0.2, 0.25) is 5.02 Å². The van der Waals surface area contributed by atoms with Gasteiger partial charge in [-0.25, -0.2) is 12.8 Å². The standard InChI is InChI=1S/C21H18ClFN2O3S/c1-15-6-5-7-17(12-15)25(29(27,28)18-8-3-2-4-9-18)14-21(26)24-16-10-11-20(23)19(22)13-16/h2-13H,14H2,1H3,(H,24,26). The van der Waals surface area contributed by atoms with Gasteiger partial charge in [0.1, 0.15) is 12.4 Å². The SMILES string of the molecule is Cc1cccc(N(CC(=O)Nc2ccc(F)c(Cl)c2)S(=O)(=O)c2ccccc2)c1. The normalized spacial score (nSPS) is 11.1. The first kappa shape index (κ1) is 20.8. The van der Waals surface area contributed by atoms with E-state index in [2.05, 4.69) is 5.32 Å². The van der Waals surface area contributed by atoms with Crippen molar-refractivity contribution in [3.63, 3.8) is 0 Å². The summed E-state index contributed by atoms with van der Waals surface area (Å²) in [6.45, 7) is 1.37. The van der Waals surface area contributed by atoms with Crippen LogP contribution < -0.4 is 9.62 Å². The number of benzene rings is 3. The molecule has 8 heteroatoms. The molecule has 0 atom stereocenters. The lowest BCUT2D eigenvalue weighted by Crippen LogP contribution is -2.38. The number of rotatable bonds is 6. The third kappa shape index (κ3) is 4.93. The van der Waals surface area contributed by atoms with Crippen LogP contribution in [0.15, 0.2) is 77.7 Å². The second-order valence-electron chi connectivity index (χ2n) is 6.34. The quantitative estimate of drug-likeness (QED) is 0.618. The van der Waals surface area contributed by atoms with Crippen LogP contribution in [0.4, 0.5) is 15.8 Å². The summed E-state index contributed by atoms with van der Waals surface area (Å²) >= 11 is 5.74. The van der Waals surface area contributed by atoms with E-state index in [-0.39, 0.29) is 15.6 Å². The van der Waals surface area contributed by atoms with Crippen LogP contribution in [0, 0.1) is 12.7 Å². The highest BCUT2D eigenvalue weighted by atomic mass is 35.5. The zero-order valence-corrected chi connectivity index (χ0v) is 17.0. The summed E-state index contributed by atoms with van der Waals surface area (Å²) in [6.07, 6.45) is 0. The maximum atomic E-state index is 13.3. The number of hydrogen-bond donors (Lipinski definition) is 1. The van der Waals surface area contributed by atoms with Crippen molar-refractivity contribution in [3.8, 4) is 0 Å². The molecule has 0 heterocycles. The molecule has 1 N–H and O–H groups in total. The van der Waals surface area contributed by atoms with E-state index < -0.39 is 28.3 Å². The van der Waals surface area contributed by atoms with E-state index in [1.165, 1.54) is 24.3 Å². The predicted molar refractivity (Wildman–Crippen MR) is 112 cm³/mol. The molecule has 0 fully saturated rings. The molecule has 0 spiro atoms.